The van der Waals surface area contributed by atoms with Gasteiger partial charge in [0.15, 0.2) is 0 Å². The normalized spacial score (nSPS) is 14.4. The molecule has 0 aromatic carbocycles. The summed E-state index contributed by atoms with van der Waals surface area (Å²) in [5.41, 5.74) is 0. The van der Waals surface area contributed by atoms with Crippen molar-refractivity contribution in [1.29, 1.82) is 0 Å². The first kappa shape index (κ1) is 19.9. The molecule has 0 aromatic rings. The molecule has 0 saturated carbocycles. The first-order valence-corrected chi connectivity index (χ1v) is 8.63. The van der Waals surface area contributed by atoms with Gasteiger partial charge >= 0.3 is 0 Å². The van der Waals surface area contributed by atoms with E-state index in [1.807, 2.05) is 0 Å². The molecule has 2 unspecified atom stereocenters. The zero-order valence-electron chi connectivity index (χ0n) is 13.4. The van der Waals surface area contributed by atoms with Gasteiger partial charge in [-0.25, -0.2) is 0 Å². The monoisotopic (exact) mass is 288 g/mol. The maximum atomic E-state index is 9.61. The average molecular weight is 288 g/mol. The molecule has 0 aliphatic carbocycles. The zero-order valence-corrected chi connectivity index (χ0v) is 13.4. The number of aliphatic hydroxyl groups excluding tert-OH is 3. The minimum Gasteiger partial charge on any atom is -0.396 e. The minimum absolute atomic E-state index is 0.325. The summed E-state index contributed by atoms with van der Waals surface area (Å²) in [6, 6.07) is 0. The molecule has 0 spiro atoms. The highest BCUT2D eigenvalue weighted by molar-refractivity contribution is 4.60. The van der Waals surface area contributed by atoms with Crippen molar-refractivity contribution in [2.75, 3.05) is 6.61 Å². The fourth-order valence-corrected chi connectivity index (χ4v) is 2.59. The summed E-state index contributed by atoms with van der Waals surface area (Å²) in [4.78, 5) is 0. The van der Waals surface area contributed by atoms with Crippen molar-refractivity contribution < 1.29 is 15.3 Å². The number of hydrogen-bond donors (Lipinski definition) is 3. The van der Waals surface area contributed by atoms with Gasteiger partial charge in [0.1, 0.15) is 0 Å². The van der Waals surface area contributed by atoms with E-state index in [0.717, 1.165) is 19.3 Å². The highest BCUT2D eigenvalue weighted by Crippen LogP contribution is 2.13. The fourth-order valence-electron chi connectivity index (χ4n) is 2.59. The van der Waals surface area contributed by atoms with Crippen LogP contribution in [-0.2, 0) is 0 Å². The van der Waals surface area contributed by atoms with Crippen molar-refractivity contribution in [2.45, 2.75) is 103 Å². The first-order valence-electron chi connectivity index (χ1n) is 8.63. The molecular weight excluding hydrogens is 252 g/mol. The van der Waals surface area contributed by atoms with E-state index in [1.165, 1.54) is 57.8 Å². The van der Waals surface area contributed by atoms with Crippen molar-refractivity contribution in [1.82, 2.24) is 0 Å². The second kappa shape index (κ2) is 15.3. The van der Waals surface area contributed by atoms with Gasteiger partial charge in [0.2, 0.25) is 0 Å². The Labute approximate surface area is 125 Å². The van der Waals surface area contributed by atoms with Gasteiger partial charge in [-0.15, -0.1) is 0 Å². The molecule has 0 aliphatic heterocycles. The first-order chi connectivity index (χ1) is 9.66. The molecule has 0 heterocycles. The van der Waals surface area contributed by atoms with Gasteiger partial charge in [-0.2, -0.15) is 0 Å². The summed E-state index contributed by atoms with van der Waals surface area (Å²) >= 11 is 0. The molecule has 0 rings (SSSR count). The Bertz CT molecular complexity index is 183. The molecule has 20 heavy (non-hydrogen) atoms. The predicted octanol–water partition coefficient (Wildman–Crippen LogP) is 3.79. The third-order valence-corrected chi connectivity index (χ3v) is 3.81. The molecule has 0 aromatic heterocycles. The van der Waals surface area contributed by atoms with Crippen LogP contribution in [-0.4, -0.2) is 34.1 Å². The van der Waals surface area contributed by atoms with Gasteiger partial charge < -0.3 is 15.3 Å². The second-order valence-corrected chi connectivity index (χ2v) is 6.14. The summed E-state index contributed by atoms with van der Waals surface area (Å²) in [6.07, 6.45) is 14.2. The average Bonchev–Trinajstić information content (AvgIpc) is 2.39. The van der Waals surface area contributed by atoms with Gasteiger partial charge in [0.05, 0.1) is 12.2 Å². The van der Waals surface area contributed by atoms with Crippen molar-refractivity contribution in [3.05, 3.63) is 0 Å². The predicted molar refractivity (Wildman–Crippen MR) is 84.8 cm³/mol. The summed E-state index contributed by atoms with van der Waals surface area (Å²) in [7, 11) is 0. The van der Waals surface area contributed by atoms with Crippen molar-refractivity contribution in [3.8, 4) is 0 Å². The Kier molecular flexibility index (Phi) is 15.2. The number of hydrogen-bond acceptors (Lipinski definition) is 3. The molecule has 0 bridgehead atoms. The standard InChI is InChI=1S/C17H36O3/c1-16(19)15-17(20)13-11-9-7-5-3-2-4-6-8-10-12-14-18/h16-20H,2-15H2,1H3. The third kappa shape index (κ3) is 15.9. The van der Waals surface area contributed by atoms with E-state index in [2.05, 4.69) is 0 Å². The van der Waals surface area contributed by atoms with Crippen LogP contribution in [0, 0.1) is 0 Å². The van der Waals surface area contributed by atoms with E-state index in [1.54, 1.807) is 6.92 Å². The topological polar surface area (TPSA) is 60.7 Å². The Morgan fingerprint density at radius 2 is 1.05 bits per heavy atom. The van der Waals surface area contributed by atoms with Gasteiger partial charge in [0, 0.05) is 6.61 Å². The van der Waals surface area contributed by atoms with E-state index >= 15 is 0 Å². The summed E-state index contributed by atoms with van der Waals surface area (Å²) in [5.74, 6) is 0. The molecule has 122 valence electrons. The van der Waals surface area contributed by atoms with Crippen LogP contribution in [0.4, 0.5) is 0 Å². The van der Waals surface area contributed by atoms with Gasteiger partial charge in [-0.3, -0.25) is 0 Å². The molecule has 3 N–H and O–H groups in total. The highest BCUT2D eigenvalue weighted by atomic mass is 16.3. The van der Waals surface area contributed by atoms with E-state index < -0.39 is 0 Å². The highest BCUT2D eigenvalue weighted by Gasteiger charge is 2.06. The lowest BCUT2D eigenvalue weighted by Crippen LogP contribution is -2.14. The van der Waals surface area contributed by atoms with E-state index in [-0.39, 0.29) is 12.2 Å². The second-order valence-electron chi connectivity index (χ2n) is 6.14. The van der Waals surface area contributed by atoms with E-state index in [4.69, 9.17) is 10.2 Å². The van der Waals surface area contributed by atoms with Gasteiger partial charge in [-0.05, 0) is 26.2 Å². The van der Waals surface area contributed by atoms with Gasteiger partial charge in [0.25, 0.3) is 0 Å². The van der Waals surface area contributed by atoms with Crippen LogP contribution < -0.4 is 0 Å². The largest absolute Gasteiger partial charge is 0.396 e. The summed E-state index contributed by atoms with van der Waals surface area (Å²) in [6.45, 7) is 2.07. The van der Waals surface area contributed by atoms with Crippen LogP contribution in [0.5, 0.6) is 0 Å². The quantitative estimate of drug-likeness (QED) is 0.402. The van der Waals surface area contributed by atoms with Crippen LogP contribution in [0.2, 0.25) is 0 Å². The molecule has 0 saturated heterocycles. The van der Waals surface area contributed by atoms with Crippen LogP contribution in [0.15, 0.2) is 0 Å². The number of aliphatic hydroxyl groups is 3. The summed E-state index contributed by atoms with van der Waals surface area (Å²) in [5, 5.41) is 27.4. The molecule has 3 nitrogen and oxygen atoms in total. The van der Waals surface area contributed by atoms with E-state index in [9.17, 15) is 5.11 Å². The Morgan fingerprint density at radius 3 is 1.45 bits per heavy atom. The Balaban J connectivity index is 3.06. The number of rotatable bonds is 15. The van der Waals surface area contributed by atoms with Crippen LogP contribution in [0.1, 0.15) is 90.4 Å². The maximum Gasteiger partial charge on any atom is 0.0564 e. The van der Waals surface area contributed by atoms with E-state index in [0.29, 0.717) is 13.0 Å². The lowest BCUT2D eigenvalue weighted by atomic mass is 10.0. The van der Waals surface area contributed by atoms with Crippen LogP contribution >= 0.6 is 0 Å². The van der Waals surface area contributed by atoms with Gasteiger partial charge in [-0.1, -0.05) is 64.2 Å². The SMILES string of the molecule is CC(O)CC(O)CCCCCCCCCCCCCO. The Morgan fingerprint density at radius 1 is 0.650 bits per heavy atom. The lowest BCUT2D eigenvalue weighted by Gasteiger charge is -2.11. The molecule has 3 heteroatoms. The molecule has 0 radical (unpaired) electrons. The molecule has 2 atom stereocenters. The van der Waals surface area contributed by atoms with Crippen molar-refractivity contribution in [2.24, 2.45) is 0 Å². The molecule has 0 amide bonds. The third-order valence-electron chi connectivity index (χ3n) is 3.81. The van der Waals surface area contributed by atoms with Crippen LogP contribution in [0.3, 0.4) is 0 Å². The van der Waals surface area contributed by atoms with Crippen molar-refractivity contribution in [3.63, 3.8) is 0 Å². The Hall–Kier alpha value is -0.120. The molecular formula is C17H36O3. The maximum absolute atomic E-state index is 9.61. The smallest absolute Gasteiger partial charge is 0.0564 e. The van der Waals surface area contributed by atoms with Crippen molar-refractivity contribution >= 4 is 0 Å². The lowest BCUT2D eigenvalue weighted by molar-refractivity contribution is 0.0834. The summed E-state index contributed by atoms with van der Waals surface area (Å²) < 4.78 is 0. The minimum atomic E-state index is -0.387. The number of unbranched alkanes of at least 4 members (excludes halogenated alkanes) is 10. The molecule has 0 aliphatic rings. The fraction of sp³-hybridized carbons (Fsp3) is 1.00. The zero-order chi connectivity index (χ0) is 15.1. The van der Waals surface area contributed by atoms with Crippen LogP contribution in [0.25, 0.3) is 0 Å². The molecule has 0 fully saturated rings.